The normalized spacial score (nSPS) is 27.9. The second-order valence-electron chi connectivity index (χ2n) is 30.9. The first-order valence-corrected chi connectivity index (χ1v) is 39.0. The molecule has 20 heteroatoms. The van der Waals surface area contributed by atoms with Crippen LogP contribution in [-0.2, 0) is 56.3 Å². The molecule has 0 unspecified atom stereocenters. The average molecular weight is 1390 g/mol. The minimum atomic E-state index is -2.50. The van der Waals surface area contributed by atoms with E-state index in [-0.39, 0.29) is 65.4 Å². The topological polar surface area (TPSA) is 248 Å². The number of rotatable bonds is 15. The third-order valence-corrected chi connectivity index (χ3v) is 28.5. The van der Waals surface area contributed by atoms with Crippen molar-refractivity contribution < 1.29 is 87.0 Å². The van der Waals surface area contributed by atoms with Crippen molar-refractivity contribution in [2.45, 2.75) is 225 Å². The van der Waals surface area contributed by atoms with Gasteiger partial charge in [0.15, 0.2) is 12.2 Å². The van der Waals surface area contributed by atoms with E-state index in [4.69, 9.17) is 57.3 Å². The number of esters is 1. The van der Waals surface area contributed by atoms with E-state index in [9.17, 15) is 24.9 Å². The fourth-order valence-corrected chi connectivity index (χ4v) is 22.4. The Morgan fingerprint density at radius 3 is 0.969 bits per heavy atom. The molecule has 6 N–H and O–H groups in total. The number of hydrogen-bond donors (Lipinski definition) is 6. The first-order valence-electron chi connectivity index (χ1n) is 35.2. The van der Waals surface area contributed by atoms with Gasteiger partial charge >= 0.3 is 11.9 Å². The number of ether oxygens (including phenoxy) is 8. The van der Waals surface area contributed by atoms with Gasteiger partial charge in [-0.3, -0.25) is 0 Å². The molecule has 4 aromatic carbocycles. The molecule has 14 atom stereocenters. The van der Waals surface area contributed by atoms with Gasteiger partial charge in [-0.25, -0.2) is 9.59 Å². The molecule has 7 fully saturated rings. The van der Waals surface area contributed by atoms with Gasteiger partial charge in [0.1, 0.15) is 0 Å². The Labute approximate surface area is 582 Å². The van der Waals surface area contributed by atoms with E-state index < -0.39 is 46.0 Å². The number of carboxylic acids is 1. The maximum absolute atomic E-state index is 10.8. The van der Waals surface area contributed by atoms with Crippen molar-refractivity contribution >= 4 is 49.3 Å². The van der Waals surface area contributed by atoms with Crippen LogP contribution in [0.25, 0.3) is 0 Å². The Hall–Kier alpha value is -4.31. The summed E-state index contributed by atoms with van der Waals surface area (Å²) in [6, 6.07) is 42.8. The quantitative estimate of drug-likeness (QED) is 0.0479. The van der Waals surface area contributed by atoms with E-state index in [1.54, 1.807) is 27.7 Å². The first-order chi connectivity index (χ1) is 45.6. The van der Waals surface area contributed by atoms with E-state index in [1.165, 1.54) is 27.9 Å². The number of benzene rings is 4. The lowest BCUT2D eigenvalue weighted by atomic mass is 9.96. The monoisotopic (exact) mass is 1390 g/mol. The van der Waals surface area contributed by atoms with Gasteiger partial charge in [-0.2, -0.15) is 0 Å². The zero-order valence-corrected chi connectivity index (χ0v) is 63.2. The van der Waals surface area contributed by atoms with E-state index in [0.29, 0.717) is 88.5 Å². The third kappa shape index (κ3) is 25.9. The van der Waals surface area contributed by atoms with Crippen LogP contribution in [0.1, 0.15) is 149 Å². The second-order valence-corrected chi connectivity index (χ2v) is 39.5. The van der Waals surface area contributed by atoms with Crippen LogP contribution >= 0.6 is 0 Å². The first kappa shape index (κ1) is 83.4. The summed E-state index contributed by atoms with van der Waals surface area (Å²) >= 11 is 0. The minimum absolute atomic E-state index is 0.0277. The van der Waals surface area contributed by atoms with Gasteiger partial charge in [0.05, 0.1) is 107 Å². The van der Waals surface area contributed by atoms with Gasteiger partial charge in [-0.15, -0.1) is 0 Å². The Balaban J connectivity index is 0.000000217. The largest absolute Gasteiger partial charge is 0.479 e. The molecule has 0 spiro atoms. The predicted molar refractivity (Wildman–Crippen MR) is 385 cm³/mol. The van der Waals surface area contributed by atoms with E-state index in [2.05, 4.69) is 183 Å². The Bertz CT molecular complexity index is 2600. The molecular weight excluding hydrogens is 1270 g/mol. The maximum atomic E-state index is 10.8. The molecular formula is C77H122O18Si2. The Kier molecular flexibility index (Phi) is 33.7. The molecule has 7 heterocycles. The summed E-state index contributed by atoms with van der Waals surface area (Å²) in [5.74, 6) is 1.70. The Morgan fingerprint density at radius 1 is 0.423 bits per heavy atom. The molecule has 546 valence electrons. The van der Waals surface area contributed by atoms with Crippen molar-refractivity contribution in [1.82, 2.24) is 0 Å². The summed E-state index contributed by atoms with van der Waals surface area (Å²) in [6.45, 7) is 37.2. The lowest BCUT2D eigenvalue weighted by molar-refractivity contribution is -0.151. The number of carbonyl (C=O) groups is 2. The second kappa shape index (κ2) is 39.2. The van der Waals surface area contributed by atoms with Gasteiger partial charge in [0.2, 0.25) is 0 Å². The summed E-state index contributed by atoms with van der Waals surface area (Å²) in [4.78, 5) is 21.0. The molecule has 97 heavy (non-hydrogen) atoms. The zero-order valence-electron chi connectivity index (χ0n) is 61.2. The highest BCUT2D eigenvalue weighted by Crippen LogP contribution is 2.39. The van der Waals surface area contributed by atoms with Crippen molar-refractivity contribution in [2.75, 3.05) is 73.2 Å². The molecule has 0 bridgehead atoms. The fourth-order valence-electron chi connectivity index (χ4n) is 13.2. The molecule has 18 nitrogen and oxygen atoms in total. The zero-order chi connectivity index (χ0) is 71.8. The highest BCUT2D eigenvalue weighted by atomic mass is 28.4. The molecule has 7 aliphatic heterocycles. The van der Waals surface area contributed by atoms with Crippen molar-refractivity contribution in [3.05, 3.63) is 121 Å². The van der Waals surface area contributed by atoms with Crippen molar-refractivity contribution in [1.29, 1.82) is 0 Å². The van der Waals surface area contributed by atoms with Gasteiger partial charge in [-0.1, -0.05) is 197 Å². The molecule has 0 amide bonds. The lowest BCUT2D eigenvalue weighted by Crippen LogP contribution is -2.67. The standard InChI is InChI=1S/C22H30O2Si.C21H28O3Si.C8H16O2.C7H14O3.C7H12O3.C6H10O3.C6H12O2/c1-18-15-19(23-16-18)17-24-25(22(2,3)4,20-11-7-5-8-12-20)21-13-9-6-10-14-21;1-21(2,3)25(19-10-6-4-7-11-19,20-12-8-5-9-13-20)24-16-18-14-17(22)15-23-18;1-6-4-7(10-5-6)8(2,3)9;1-7(2,9)6-3-5(8)4-10-6;1-5-3-6(10-4-5)7(8)9-2;1-4-2-5(6(7)8)9-3-4;1-5-2-6(3-7)8-4-5/h5-14,18-19H,15-17H2,1-4H3;4-13,17-18,22H,14-16H2,1-3H3;6-7,9H,4-5H2,1-3H3;5-6,8-9H,3-4H2,1-2H3;5-6H,3-4H2,1-2H3;4-5H,2-3H2,1H3,(H,7,8);5-7H,2-4H2,1H3/t18-,19-;17-,18-;6-,7-;2*5-,6-;4-,5-;5-,6-/m0000000/s1. The smallest absolute Gasteiger partial charge is 0.334 e. The van der Waals surface area contributed by atoms with Crippen molar-refractivity contribution in [2.24, 2.45) is 29.6 Å². The Morgan fingerprint density at radius 2 is 0.732 bits per heavy atom. The third-order valence-electron chi connectivity index (χ3n) is 18.5. The number of carbonyl (C=O) groups excluding carboxylic acids is 1. The predicted octanol–water partition coefficient (Wildman–Crippen LogP) is 9.27. The summed E-state index contributed by atoms with van der Waals surface area (Å²) in [5.41, 5.74) is -1.48. The highest BCUT2D eigenvalue weighted by Gasteiger charge is 2.52. The van der Waals surface area contributed by atoms with Gasteiger partial charge < -0.3 is 77.4 Å². The van der Waals surface area contributed by atoms with Crippen LogP contribution in [0.2, 0.25) is 10.1 Å². The summed E-state index contributed by atoms with van der Waals surface area (Å²) in [6.07, 6.45) is 4.31. The van der Waals surface area contributed by atoms with Crippen LogP contribution in [0.15, 0.2) is 121 Å². The van der Waals surface area contributed by atoms with E-state index in [0.717, 1.165) is 45.5 Å². The van der Waals surface area contributed by atoms with Crippen LogP contribution < -0.4 is 20.7 Å². The van der Waals surface area contributed by atoms with Gasteiger partial charge in [0, 0.05) is 32.7 Å². The number of methoxy groups -OCH3 is 1. The SMILES string of the molecule is CC(C)(C)[Si](OC[C@@H]1C[C@H](O)CO1)(c1ccccc1)c1ccccc1.CC(C)(O)[C@@H]1C[C@H](O)CO1.COC(=O)[C@@H]1C[C@H](C)CO1.C[C@@H]1CO[C@H](C(=O)O)C1.C[C@@H]1CO[C@H](C(C)(C)O)C1.C[C@@H]1CO[C@H](CO)C1.C[C@@H]1CO[C@H](CO[Si](c2ccccc2)(c2ccccc2)C(C)(C)C)C1. The van der Waals surface area contributed by atoms with E-state index in [1.807, 2.05) is 19.1 Å². The van der Waals surface area contributed by atoms with Crippen molar-refractivity contribution in [3.63, 3.8) is 0 Å². The molecule has 11 rings (SSSR count). The number of aliphatic hydroxyl groups excluding tert-OH is 3. The molecule has 0 aromatic heterocycles. The van der Waals surface area contributed by atoms with Crippen LogP contribution in [0, 0.1) is 29.6 Å². The molecule has 0 aliphatic carbocycles. The summed E-state index contributed by atoms with van der Waals surface area (Å²) in [7, 11) is -3.54. The van der Waals surface area contributed by atoms with Crippen LogP contribution in [-0.4, -0.2) is 199 Å². The average Bonchev–Trinajstić information content (AvgIpc) is 1.09. The minimum Gasteiger partial charge on any atom is -0.479 e. The fraction of sp³-hybridized carbons (Fsp3) is 0.662. The number of carboxylic acid groups (broad SMARTS) is 1. The van der Waals surface area contributed by atoms with Crippen LogP contribution in [0.5, 0.6) is 0 Å². The van der Waals surface area contributed by atoms with Crippen molar-refractivity contribution in [3.8, 4) is 0 Å². The lowest BCUT2D eigenvalue weighted by Gasteiger charge is -2.43. The number of hydrogen-bond acceptors (Lipinski definition) is 17. The molecule has 0 radical (unpaired) electrons. The highest BCUT2D eigenvalue weighted by molar-refractivity contribution is 7.00. The molecule has 0 saturated carbocycles. The summed E-state index contributed by atoms with van der Waals surface area (Å²) < 4.78 is 55.6. The molecule has 7 aliphatic rings. The number of aliphatic hydroxyl groups is 5. The summed E-state index contributed by atoms with van der Waals surface area (Å²) in [5, 5.41) is 59.9. The van der Waals surface area contributed by atoms with Crippen LogP contribution in [0.3, 0.4) is 0 Å². The van der Waals surface area contributed by atoms with Gasteiger partial charge in [0.25, 0.3) is 16.6 Å². The molecule has 4 aromatic rings. The van der Waals surface area contributed by atoms with E-state index >= 15 is 0 Å². The molecule has 7 saturated heterocycles. The van der Waals surface area contributed by atoms with Gasteiger partial charge in [-0.05, 0) is 120 Å². The number of aliphatic carboxylic acids is 1. The maximum Gasteiger partial charge on any atom is 0.334 e. The van der Waals surface area contributed by atoms with Crippen LogP contribution in [0.4, 0.5) is 0 Å².